The molecule has 1 heterocycles. The fourth-order valence-electron chi connectivity index (χ4n) is 1.60. The molecule has 1 N–H and O–H groups in total. The first-order valence-corrected chi connectivity index (χ1v) is 4.86. The van der Waals surface area contributed by atoms with Crippen molar-refractivity contribution in [1.29, 1.82) is 0 Å². The Balaban J connectivity index is 2.07. The average molecular weight is 193 g/mol. The minimum Gasteiger partial charge on any atom is -0.497 e. The molecule has 1 fully saturated rings. The number of hydrogen-bond donors (Lipinski definition) is 1. The fraction of sp³-hybridized carbons (Fsp3) is 0.455. The van der Waals surface area contributed by atoms with Crippen molar-refractivity contribution in [3.8, 4) is 5.75 Å². The highest BCUT2D eigenvalue weighted by atomic mass is 16.5. The van der Waals surface area contributed by atoms with Gasteiger partial charge in [0.15, 0.2) is 0 Å². The van der Waals surface area contributed by atoms with Gasteiger partial charge >= 0.3 is 0 Å². The molecule has 0 saturated carbocycles. The van der Waals surface area contributed by atoms with Crippen LogP contribution in [0.15, 0.2) is 24.3 Å². The van der Waals surface area contributed by atoms with Gasteiger partial charge in [-0.3, -0.25) is 0 Å². The third-order valence-electron chi connectivity index (χ3n) is 2.42. The molecule has 0 radical (unpaired) electrons. The highest BCUT2D eigenvalue weighted by Crippen LogP contribution is 2.21. The zero-order valence-electron chi connectivity index (χ0n) is 8.32. The molecule has 0 amide bonds. The first-order valence-electron chi connectivity index (χ1n) is 4.86. The average Bonchev–Trinajstić information content (AvgIpc) is 2.30. The van der Waals surface area contributed by atoms with Crippen LogP contribution in [0.5, 0.6) is 5.75 Å². The maximum atomic E-state index is 5.63. The molecule has 0 bridgehead atoms. The van der Waals surface area contributed by atoms with Crippen LogP contribution in [0.3, 0.4) is 0 Å². The summed E-state index contributed by atoms with van der Waals surface area (Å²) in [6.45, 7) is 2.63. The first kappa shape index (κ1) is 9.49. The van der Waals surface area contributed by atoms with E-state index in [1.807, 2.05) is 12.1 Å². The lowest BCUT2D eigenvalue weighted by Crippen LogP contribution is -2.33. The van der Waals surface area contributed by atoms with Crippen molar-refractivity contribution in [1.82, 2.24) is 5.32 Å². The number of rotatable bonds is 2. The normalized spacial score (nSPS) is 21.9. The van der Waals surface area contributed by atoms with Crippen LogP contribution in [0, 0.1) is 0 Å². The van der Waals surface area contributed by atoms with Crippen LogP contribution in [0.1, 0.15) is 11.7 Å². The highest BCUT2D eigenvalue weighted by Gasteiger charge is 2.14. The molecule has 0 aromatic heterocycles. The van der Waals surface area contributed by atoms with Gasteiger partial charge in [0.2, 0.25) is 0 Å². The van der Waals surface area contributed by atoms with Crippen LogP contribution in [0.2, 0.25) is 0 Å². The van der Waals surface area contributed by atoms with E-state index in [1.54, 1.807) is 7.11 Å². The van der Waals surface area contributed by atoms with Crippen molar-refractivity contribution in [3.05, 3.63) is 29.8 Å². The van der Waals surface area contributed by atoms with E-state index in [1.165, 1.54) is 5.56 Å². The Morgan fingerprint density at radius 3 is 2.71 bits per heavy atom. The van der Waals surface area contributed by atoms with Crippen molar-refractivity contribution >= 4 is 0 Å². The Kier molecular flexibility index (Phi) is 3.01. The molecule has 2 rings (SSSR count). The molecule has 1 aliphatic heterocycles. The molecule has 3 heteroatoms. The second-order valence-electron chi connectivity index (χ2n) is 3.34. The van der Waals surface area contributed by atoms with E-state index in [9.17, 15) is 0 Å². The highest BCUT2D eigenvalue weighted by molar-refractivity contribution is 5.28. The van der Waals surface area contributed by atoms with Crippen LogP contribution < -0.4 is 10.1 Å². The maximum Gasteiger partial charge on any atom is 0.118 e. The molecule has 1 aromatic rings. The smallest absolute Gasteiger partial charge is 0.118 e. The van der Waals surface area contributed by atoms with E-state index in [0.29, 0.717) is 0 Å². The van der Waals surface area contributed by atoms with Gasteiger partial charge in [-0.2, -0.15) is 0 Å². The largest absolute Gasteiger partial charge is 0.497 e. The minimum absolute atomic E-state index is 0.189. The predicted molar refractivity (Wildman–Crippen MR) is 54.6 cm³/mol. The summed E-state index contributed by atoms with van der Waals surface area (Å²) in [7, 11) is 1.67. The van der Waals surface area contributed by atoms with Gasteiger partial charge in [-0.1, -0.05) is 12.1 Å². The summed E-state index contributed by atoms with van der Waals surface area (Å²) in [6.07, 6.45) is 0.189. The number of methoxy groups -OCH3 is 1. The van der Waals surface area contributed by atoms with Gasteiger partial charge in [0.1, 0.15) is 5.75 Å². The van der Waals surface area contributed by atoms with Gasteiger partial charge in [-0.25, -0.2) is 0 Å². The van der Waals surface area contributed by atoms with Crippen molar-refractivity contribution in [2.24, 2.45) is 0 Å². The summed E-state index contributed by atoms with van der Waals surface area (Å²) >= 11 is 0. The van der Waals surface area contributed by atoms with Crippen molar-refractivity contribution in [2.45, 2.75) is 6.10 Å². The van der Waals surface area contributed by atoms with Crippen LogP contribution >= 0.6 is 0 Å². The molecule has 76 valence electrons. The second kappa shape index (κ2) is 4.44. The molecule has 1 atom stereocenters. The summed E-state index contributed by atoms with van der Waals surface area (Å²) in [5.41, 5.74) is 1.21. The van der Waals surface area contributed by atoms with Crippen LogP contribution in [-0.2, 0) is 4.74 Å². The molecule has 1 aromatic carbocycles. The Bertz CT molecular complexity index is 278. The molecular formula is C11H15NO2. The number of morpholine rings is 1. The Labute approximate surface area is 84.0 Å². The number of nitrogens with one attached hydrogen (secondary N) is 1. The predicted octanol–water partition coefficient (Wildman–Crippen LogP) is 1.36. The van der Waals surface area contributed by atoms with Crippen LogP contribution in [0.25, 0.3) is 0 Å². The molecule has 0 unspecified atom stereocenters. The fourth-order valence-corrected chi connectivity index (χ4v) is 1.60. The van der Waals surface area contributed by atoms with Crippen molar-refractivity contribution in [3.63, 3.8) is 0 Å². The zero-order chi connectivity index (χ0) is 9.80. The molecule has 1 saturated heterocycles. The minimum atomic E-state index is 0.189. The molecule has 0 aliphatic carbocycles. The first-order chi connectivity index (χ1) is 6.90. The van der Waals surface area contributed by atoms with E-state index in [2.05, 4.69) is 17.4 Å². The van der Waals surface area contributed by atoms with E-state index in [0.717, 1.165) is 25.4 Å². The maximum absolute atomic E-state index is 5.63. The van der Waals surface area contributed by atoms with Gasteiger partial charge in [0.25, 0.3) is 0 Å². The van der Waals surface area contributed by atoms with E-state index >= 15 is 0 Å². The van der Waals surface area contributed by atoms with E-state index in [4.69, 9.17) is 9.47 Å². The molecule has 0 spiro atoms. The Morgan fingerprint density at radius 1 is 1.36 bits per heavy atom. The lowest BCUT2D eigenvalue weighted by molar-refractivity contribution is 0.0277. The third-order valence-corrected chi connectivity index (χ3v) is 2.42. The van der Waals surface area contributed by atoms with Gasteiger partial charge in [0, 0.05) is 13.1 Å². The summed E-state index contributed by atoms with van der Waals surface area (Å²) in [5.74, 6) is 0.887. The van der Waals surface area contributed by atoms with E-state index < -0.39 is 0 Å². The Hall–Kier alpha value is -1.06. The lowest BCUT2D eigenvalue weighted by atomic mass is 10.1. The third kappa shape index (κ3) is 2.05. The van der Waals surface area contributed by atoms with Gasteiger partial charge in [-0.15, -0.1) is 0 Å². The Morgan fingerprint density at radius 2 is 2.14 bits per heavy atom. The zero-order valence-corrected chi connectivity index (χ0v) is 8.32. The lowest BCUT2D eigenvalue weighted by Gasteiger charge is -2.23. The van der Waals surface area contributed by atoms with E-state index in [-0.39, 0.29) is 6.10 Å². The standard InChI is InChI=1S/C11H15NO2/c1-13-10-4-2-9(3-5-10)11-8-12-6-7-14-11/h2-5,11-12H,6-8H2,1H3/t11-/m0/s1. The quantitative estimate of drug-likeness (QED) is 0.769. The number of hydrogen-bond acceptors (Lipinski definition) is 3. The summed E-state index contributed by atoms with van der Waals surface area (Å²) in [6, 6.07) is 8.04. The second-order valence-corrected chi connectivity index (χ2v) is 3.34. The van der Waals surface area contributed by atoms with Crippen molar-refractivity contribution in [2.75, 3.05) is 26.8 Å². The molecule has 1 aliphatic rings. The number of benzene rings is 1. The van der Waals surface area contributed by atoms with Crippen LogP contribution in [0.4, 0.5) is 0 Å². The van der Waals surface area contributed by atoms with Gasteiger partial charge in [-0.05, 0) is 17.7 Å². The SMILES string of the molecule is COc1ccc([C@@H]2CNCCO2)cc1. The van der Waals surface area contributed by atoms with Gasteiger partial charge < -0.3 is 14.8 Å². The monoisotopic (exact) mass is 193 g/mol. The topological polar surface area (TPSA) is 30.5 Å². The van der Waals surface area contributed by atoms with Crippen molar-refractivity contribution < 1.29 is 9.47 Å². The molecule has 3 nitrogen and oxygen atoms in total. The summed E-state index contributed by atoms with van der Waals surface area (Å²) in [4.78, 5) is 0. The summed E-state index contributed by atoms with van der Waals surface area (Å²) in [5, 5.41) is 3.31. The molecule has 14 heavy (non-hydrogen) atoms. The summed E-state index contributed by atoms with van der Waals surface area (Å²) < 4.78 is 10.7. The molecular weight excluding hydrogens is 178 g/mol. The number of ether oxygens (including phenoxy) is 2. The van der Waals surface area contributed by atoms with Gasteiger partial charge in [0.05, 0.1) is 19.8 Å². The van der Waals surface area contributed by atoms with Crippen LogP contribution in [-0.4, -0.2) is 26.8 Å².